The van der Waals surface area contributed by atoms with E-state index in [2.05, 4.69) is 29.0 Å². The highest BCUT2D eigenvalue weighted by molar-refractivity contribution is 5.06. The molecule has 1 aromatic heterocycles. The van der Waals surface area contributed by atoms with E-state index in [0.29, 0.717) is 0 Å². The Bertz CT molecular complexity index is 360. The molecule has 2 aliphatic rings. The standard InChI is InChI=1S/C13H20N2O/c1-10-3-4-13(16-10)9-15-7-11-5-14(2)6-12(11)8-15/h3-4,11-12H,5-9H2,1-2H3. The van der Waals surface area contributed by atoms with E-state index in [4.69, 9.17) is 4.42 Å². The maximum atomic E-state index is 5.64. The van der Waals surface area contributed by atoms with Crippen LogP contribution in [0.5, 0.6) is 0 Å². The molecular formula is C13H20N2O. The number of nitrogens with zero attached hydrogens (tertiary/aromatic N) is 2. The van der Waals surface area contributed by atoms with Crippen molar-refractivity contribution in [2.45, 2.75) is 13.5 Å². The summed E-state index contributed by atoms with van der Waals surface area (Å²) in [5, 5.41) is 0. The molecule has 3 heteroatoms. The Labute approximate surface area is 97.0 Å². The first-order valence-corrected chi connectivity index (χ1v) is 6.17. The van der Waals surface area contributed by atoms with Crippen LogP contribution in [0.3, 0.4) is 0 Å². The molecule has 2 fully saturated rings. The summed E-state index contributed by atoms with van der Waals surface area (Å²) in [5.74, 6) is 3.92. The van der Waals surface area contributed by atoms with E-state index in [9.17, 15) is 0 Å². The minimum absolute atomic E-state index is 0.890. The van der Waals surface area contributed by atoms with Gasteiger partial charge < -0.3 is 9.32 Å². The van der Waals surface area contributed by atoms with Gasteiger partial charge in [0, 0.05) is 26.2 Å². The molecule has 3 rings (SSSR count). The van der Waals surface area contributed by atoms with Crippen molar-refractivity contribution in [2.75, 3.05) is 33.2 Å². The number of rotatable bonds is 2. The molecule has 2 saturated heterocycles. The summed E-state index contributed by atoms with van der Waals surface area (Å²) in [5.41, 5.74) is 0. The predicted octanol–water partition coefficient (Wildman–Crippen LogP) is 1.58. The largest absolute Gasteiger partial charge is 0.465 e. The van der Waals surface area contributed by atoms with Crippen LogP contribution >= 0.6 is 0 Å². The molecule has 3 heterocycles. The molecule has 1 aromatic rings. The van der Waals surface area contributed by atoms with Gasteiger partial charge in [-0.3, -0.25) is 4.90 Å². The average Bonchev–Trinajstić information content (AvgIpc) is 2.81. The Morgan fingerprint density at radius 2 is 1.88 bits per heavy atom. The topological polar surface area (TPSA) is 19.6 Å². The Hall–Kier alpha value is -0.800. The average molecular weight is 220 g/mol. The molecule has 0 spiro atoms. The number of hydrogen-bond acceptors (Lipinski definition) is 3. The number of aryl methyl sites for hydroxylation is 1. The van der Waals surface area contributed by atoms with Gasteiger partial charge in [0.2, 0.25) is 0 Å². The maximum absolute atomic E-state index is 5.64. The van der Waals surface area contributed by atoms with Gasteiger partial charge in [0.25, 0.3) is 0 Å². The van der Waals surface area contributed by atoms with E-state index in [-0.39, 0.29) is 0 Å². The molecule has 0 radical (unpaired) electrons. The number of fused-ring (bicyclic) bond motifs is 1. The molecule has 88 valence electrons. The van der Waals surface area contributed by atoms with Crippen LogP contribution in [0.25, 0.3) is 0 Å². The molecule has 0 saturated carbocycles. The SMILES string of the molecule is Cc1ccc(CN2CC3CN(C)CC3C2)o1. The minimum Gasteiger partial charge on any atom is -0.465 e. The molecule has 3 nitrogen and oxygen atoms in total. The van der Waals surface area contributed by atoms with Crippen LogP contribution in [0.1, 0.15) is 11.5 Å². The molecule has 0 N–H and O–H groups in total. The van der Waals surface area contributed by atoms with Crippen molar-refractivity contribution < 1.29 is 4.42 Å². The molecule has 0 aliphatic carbocycles. The van der Waals surface area contributed by atoms with Crippen LogP contribution in [0.4, 0.5) is 0 Å². The van der Waals surface area contributed by atoms with Crippen molar-refractivity contribution in [3.63, 3.8) is 0 Å². The van der Waals surface area contributed by atoms with Crippen molar-refractivity contribution in [1.29, 1.82) is 0 Å². The second kappa shape index (κ2) is 3.90. The summed E-state index contributed by atoms with van der Waals surface area (Å²) in [6.45, 7) is 8.04. The minimum atomic E-state index is 0.890. The zero-order chi connectivity index (χ0) is 11.1. The van der Waals surface area contributed by atoms with Crippen molar-refractivity contribution in [3.05, 3.63) is 23.7 Å². The summed E-state index contributed by atoms with van der Waals surface area (Å²) in [7, 11) is 2.23. The fourth-order valence-corrected chi connectivity index (χ4v) is 3.24. The first-order valence-electron chi connectivity index (χ1n) is 6.17. The highest BCUT2D eigenvalue weighted by atomic mass is 16.3. The van der Waals surface area contributed by atoms with E-state index in [0.717, 1.165) is 29.9 Å². The van der Waals surface area contributed by atoms with Crippen molar-refractivity contribution in [1.82, 2.24) is 9.80 Å². The second-order valence-electron chi connectivity index (χ2n) is 5.45. The van der Waals surface area contributed by atoms with E-state index < -0.39 is 0 Å². The lowest BCUT2D eigenvalue weighted by Gasteiger charge is -2.17. The third-order valence-corrected chi connectivity index (χ3v) is 3.92. The molecule has 0 bridgehead atoms. The molecule has 0 amide bonds. The number of likely N-dealkylation sites (tertiary alicyclic amines) is 2. The lowest BCUT2D eigenvalue weighted by molar-refractivity contribution is 0.252. The molecule has 2 atom stereocenters. The highest BCUT2D eigenvalue weighted by Crippen LogP contribution is 2.31. The van der Waals surface area contributed by atoms with E-state index in [1.165, 1.54) is 26.2 Å². The van der Waals surface area contributed by atoms with E-state index in [1.54, 1.807) is 0 Å². The monoisotopic (exact) mass is 220 g/mol. The molecule has 2 unspecified atom stereocenters. The summed E-state index contributed by atoms with van der Waals surface area (Å²) in [4.78, 5) is 5.00. The fraction of sp³-hybridized carbons (Fsp3) is 0.692. The summed E-state index contributed by atoms with van der Waals surface area (Å²) in [6.07, 6.45) is 0. The number of furan rings is 1. The van der Waals surface area contributed by atoms with Crippen LogP contribution in [-0.2, 0) is 6.54 Å². The highest BCUT2D eigenvalue weighted by Gasteiger charge is 2.38. The van der Waals surface area contributed by atoms with Gasteiger partial charge in [-0.2, -0.15) is 0 Å². The molecule has 0 aromatic carbocycles. The normalized spacial score (nSPS) is 31.1. The van der Waals surface area contributed by atoms with Crippen molar-refractivity contribution in [3.8, 4) is 0 Å². The molecule has 2 aliphatic heterocycles. The van der Waals surface area contributed by atoms with Gasteiger partial charge >= 0.3 is 0 Å². The second-order valence-corrected chi connectivity index (χ2v) is 5.45. The van der Waals surface area contributed by atoms with Gasteiger partial charge in [-0.25, -0.2) is 0 Å². The maximum Gasteiger partial charge on any atom is 0.118 e. The Morgan fingerprint density at radius 1 is 1.19 bits per heavy atom. The van der Waals surface area contributed by atoms with Gasteiger partial charge in [0.05, 0.1) is 6.54 Å². The Balaban J connectivity index is 1.59. The quantitative estimate of drug-likeness (QED) is 0.754. The van der Waals surface area contributed by atoms with Crippen LogP contribution in [0.15, 0.2) is 16.5 Å². The van der Waals surface area contributed by atoms with Gasteiger partial charge in [-0.05, 0) is 37.9 Å². The van der Waals surface area contributed by atoms with Gasteiger partial charge in [-0.15, -0.1) is 0 Å². The van der Waals surface area contributed by atoms with Crippen molar-refractivity contribution >= 4 is 0 Å². The zero-order valence-corrected chi connectivity index (χ0v) is 10.1. The summed E-state index contributed by atoms with van der Waals surface area (Å²) in [6, 6.07) is 4.16. The lowest BCUT2D eigenvalue weighted by atomic mass is 10.0. The number of hydrogen-bond donors (Lipinski definition) is 0. The van der Waals surface area contributed by atoms with Crippen LogP contribution < -0.4 is 0 Å². The summed E-state index contributed by atoms with van der Waals surface area (Å²) < 4.78 is 5.64. The molecular weight excluding hydrogens is 200 g/mol. The lowest BCUT2D eigenvalue weighted by Crippen LogP contribution is -2.26. The smallest absolute Gasteiger partial charge is 0.118 e. The van der Waals surface area contributed by atoms with Gasteiger partial charge in [-0.1, -0.05) is 0 Å². The van der Waals surface area contributed by atoms with Crippen LogP contribution in [0, 0.1) is 18.8 Å². The van der Waals surface area contributed by atoms with Crippen LogP contribution in [-0.4, -0.2) is 43.0 Å². The summed E-state index contributed by atoms with van der Waals surface area (Å²) >= 11 is 0. The zero-order valence-electron chi connectivity index (χ0n) is 10.1. The third kappa shape index (κ3) is 1.89. The van der Waals surface area contributed by atoms with Crippen LogP contribution in [0.2, 0.25) is 0 Å². The first kappa shape index (κ1) is 10.4. The van der Waals surface area contributed by atoms with Gasteiger partial charge in [0.15, 0.2) is 0 Å². The Kier molecular flexibility index (Phi) is 2.52. The Morgan fingerprint density at radius 3 is 2.44 bits per heavy atom. The third-order valence-electron chi connectivity index (χ3n) is 3.92. The van der Waals surface area contributed by atoms with E-state index in [1.807, 2.05) is 6.92 Å². The van der Waals surface area contributed by atoms with E-state index >= 15 is 0 Å². The van der Waals surface area contributed by atoms with Gasteiger partial charge in [0.1, 0.15) is 11.5 Å². The first-order chi connectivity index (χ1) is 7.70. The predicted molar refractivity (Wildman–Crippen MR) is 63.2 cm³/mol. The van der Waals surface area contributed by atoms with Crippen molar-refractivity contribution in [2.24, 2.45) is 11.8 Å². The fourth-order valence-electron chi connectivity index (χ4n) is 3.24. The molecule has 16 heavy (non-hydrogen) atoms.